The van der Waals surface area contributed by atoms with E-state index in [1.54, 1.807) is 0 Å². The van der Waals surface area contributed by atoms with E-state index in [1.807, 2.05) is 0 Å². The molecule has 15 nitrogen and oxygen atoms in total. The number of thiazole rings is 1. The minimum Gasteiger partial charge on any atom is -0.477 e. The molecule has 1 saturated heterocycles. The number of esters is 1. The Labute approximate surface area is 232 Å². The molecule has 2 amide bonds. The van der Waals surface area contributed by atoms with Crippen molar-refractivity contribution >= 4 is 63.7 Å². The van der Waals surface area contributed by atoms with E-state index in [0.717, 1.165) is 16.2 Å². The zero-order chi connectivity index (χ0) is 28.6. The topological polar surface area (TPSA) is 209 Å². The van der Waals surface area contributed by atoms with E-state index in [9.17, 15) is 29.1 Å². The normalized spacial score (nSPS) is 19.5. The van der Waals surface area contributed by atoms with E-state index < -0.39 is 46.8 Å². The fraction of sp³-hybridized carbons (Fsp3) is 0.261. The Bertz CT molecular complexity index is 1500. The van der Waals surface area contributed by atoms with Crippen molar-refractivity contribution in [2.75, 3.05) is 24.9 Å². The van der Waals surface area contributed by atoms with Crippen LogP contribution in [0.25, 0.3) is 0 Å². The number of carboxylic acids is 1. The minimum absolute atomic E-state index is 0.00630. The smallest absolute Gasteiger partial charge is 0.365 e. The molecule has 40 heavy (non-hydrogen) atoms. The summed E-state index contributed by atoms with van der Waals surface area (Å²) in [5.74, 6) is -3.54. The van der Waals surface area contributed by atoms with Crippen molar-refractivity contribution in [2.24, 2.45) is 5.16 Å². The molecule has 0 unspecified atom stereocenters. The van der Waals surface area contributed by atoms with Gasteiger partial charge in [0.1, 0.15) is 29.4 Å². The van der Waals surface area contributed by atoms with Crippen LogP contribution in [-0.2, 0) is 28.8 Å². The number of carboxylic acid groups (broad SMARTS) is 1. The largest absolute Gasteiger partial charge is 0.477 e. The Morgan fingerprint density at radius 2 is 2.05 bits per heavy atom. The van der Waals surface area contributed by atoms with E-state index >= 15 is 0 Å². The molecule has 208 valence electrons. The molecule has 5 rings (SSSR count). The molecule has 1 fully saturated rings. The quantitative estimate of drug-likeness (QED) is 0.125. The molecule has 0 aliphatic carbocycles. The van der Waals surface area contributed by atoms with E-state index in [0.29, 0.717) is 11.5 Å². The number of benzene rings is 1. The van der Waals surface area contributed by atoms with Gasteiger partial charge in [-0.25, -0.2) is 14.6 Å². The van der Waals surface area contributed by atoms with Crippen molar-refractivity contribution in [1.29, 1.82) is 0 Å². The van der Waals surface area contributed by atoms with Gasteiger partial charge < -0.3 is 35.2 Å². The van der Waals surface area contributed by atoms with Crippen LogP contribution >= 0.6 is 23.1 Å². The third-order valence-corrected chi connectivity index (χ3v) is 7.81. The number of hydrogen-bond donors (Lipinski definition) is 3. The first-order valence-corrected chi connectivity index (χ1v) is 13.3. The number of anilines is 1. The Morgan fingerprint density at radius 3 is 2.75 bits per heavy atom. The molecular formula is C23H19N5O10S2. The van der Waals surface area contributed by atoms with Gasteiger partial charge >= 0.3 is 17.9 Å². The lowest BCUT2D eigenvalue weighted by atomic mass is 10.0. The van der Waals surface area contributed by atoms with Crippen LogP contribution in [0.2, 0.25) is 0 Å². The van der Waals surface area contributed by atoms with Crippen molar-refractivity contribution in [1.82, 2.24) is 15.2 Å². The van der Waals surface area contributed by atoms with Crippen molar-refractivity contribution in [3.8, 4) is 11.5 Å². The van der Waals surface area contributed by atoms with E-state index in [1.165, 1.54) is 42.3 Å². The van der Waals surface area contributed by atoms with Crippen LogP contribution in [0.5, 0.6) is 11.5 Å². The highest BCUT2D eigenvalue weighted by atomic mass is 32.2. The molecule has 0 bridgehead atoms. The second-order valence-electron chi connectivity index (χ2n) is 8.36. The Morgan fingerprint density at radius 1 is 1.27 bits per heavy atom. The molecule has 0 spiro atoms. The number of nitrogen functional groups attached to an aromatic ring is 1. The Balaban J connectivity index is 1.33. The standard InChI is InChI=1S/C23H19N5O10S2/c1-9(29)35-5-11-6-39-20-16(19(31)28(20)17(11)21(32)33)26-18(30)15(12-7-40-23(24)25-12)27-38-22(34)10-2-3-13-14(4-10)37-8-36-13/h2-4,7,16,20H,5-6,8H2,1H3,(H2,24,25)(H,26,30)(H,32,33)/t16-,20-/m1/s1. The van der Waals surface area contributed by atoms with Crippen molar-refractivity contribution in [2.45, 2.75) is 18.3 Å². The highest BCUT2D eigenvalue weighted by Crippen LogP contribution is 2.40. The summed E-state index contributed by atoms with van der Waals surface area (Å²) < 4.78 is 15.4. The number of hydrogen-bond acceptors (Lipinski definition) is 14. The van der Waals surface area contributed by atoms with Crippen LogP contribution in [0.4, 0.5) is 5.13 Å². The number of carbonyl (C=O) groups excluding carboxylic acids is 4. The number of β-lactam (4-membered cyclic amide) rings is 1. The highest BCUT2D eigenvalue weighted by Gasteiger charge is 2.54. The van der Waals surface area contributed by atoms with Crippen LogP contribution in [0, 0.1) is 0 Å². The fourth-order valence-corrected chi connectivity index (χ4v) is 5.83. The summed E-state index contributed by atoms with van der Waals surface area (Å²) in [6, 6.07) is 3.22. The van der Waals surface area contributed by atoms with Crippen LogP contribution in [-0.4, -0.2) is 81.0 Å². The number of nitrogens with two attached hydrogens (primary N) is 1. The third kappa shape index (κ3) is 5.15. The van der Waals surface area contributed by atoms with Gasteiger partial charge in [0, 0.05) is 23.6 Å². The van der Waals surface area contributed by atoms with Gasteiger partial charge in [0.2, 0.25) is 6.79 Å². The molecule has 3 aliphatic heterocycles. The number of rotatable bonds is 8. The predicted octanol–water partition coefficient (Wildman–Crippen LogP) is 0.317. The van der Waals surface area contributed by atoms with Gasteiger partial charge in [-0.2, -0.15) is 0 Å². The van der Waals surface area contributed by atoms with Crippen LogP contribution in [0.15, 0.2) is 40.0 Å². The van der Waals surface area contributed by atoms with Gasteiger partial charge in [-0.05, 0) is 18.2 Å². The van der Waals surface area contributed by atoms with Crippen molar-refractivity contribution < 1.29 is 48.1 Å². The zero-order valence-corrected chi connectivity index (χ0v) is 22.1. The lowest BCUT2D eigenvalue weighted by molar-refractivity contribution is -0.150. The van der Waals surface area contributed by atoms with Gasteiger partial charge in [0.15, 0.2) is 22.3 Å². The second-order valence-corrected chi connectivity index (χ2v) is 10.4. The first-order valence-electron chi connectivity index (χ1n) is 11.4. The summed E-state index contributed by atoms with van der Waals surface area (Å²) in [6.45, 7) is 0.908. The lowest BCUT2D eigenvalue weighted by Gasteiger charge is -2.49. The van der Waals surface area contributed by atoms with Crippen LogP contribution in [0.3, 0.4) is 0 Å². The molecule has 4 heterocycles. The van der Waals surface area contributed by atoms with Gasteiger partial charge in [0.25, 0.3) is 11.8 Å². The van der Waals surface area contributed by atoms with Crippen molar-refractivity contribution in [3.63, 3.8) is 0 Å². The molecule has 2 aromatic rings. The van der Waals surface area contributed by atoms with Gasteiger partial charge in [-0.15, -0.1) is 23.1 Å². The Hall–Kier alpha value is -4.64. The summed E-state index contributed by atoms with van der Waals surface area (Å²) in [6.07, 6.45) is 0. The van der Waals surface area contributed by atoms with E-state index in [2.05, 4.69) is 15.5 Å². The lowest BCUT2D eigenvalue weighted by Crippen LogP contribution is -2.71. The van der Waals surface area contributed by atoms with Crippen LogP contribution < -0.4 is 20.5 Å². The summed E-state index contributed by atoms with van der Waals surface area (Å²) in [7, 11) is 0. The number of carbonyl (C=O) groups is 5. The second kappa shape index (κ2) is 10.9. The van der Waals surface area contributed by atoms with Crippen molar-refractivity contribution in [3.05, 3.63) is 46.1 Å². The average Bonchev–Trinajstić information content (AvgIpc) is 3.58. The van der Waals surface area contributed by atoms with E-state index in [4.69, 9.17) is 24.8 Å². The van der Waals surface area contributed by atoms with Gasteiger partial charge in [0.05, 0.1) is 5.56 Å². The summed E-state index contributed by atoms with van der Waals surface area (Å²) in [5.41, 5.74) is 5.27. The molecule has 1 aromatic heterocycles. The summed E-state index contributed by atoms with van der Waals surface area (Å²) in [4.78, 5) is 71.9. The molecule has 0 radical (unpaired) electrons. The number of amides is 2. The average molecular weight is 590 g/mol. The SMILES string of the molecule is CC(=O)OCC1=C(C(=O)O)N2C(=O)[C@@H](NC(=O)C(=NOC(=O)c3ccc4c(c3)OCO4)c3csc(N)n3)[C@H]2SC1. The van der Waals surface area contributed by atoms with E-state index in [-0.39, 0.29) is 46.8 Å². The number of oxime groups is 1. The predicted molar refractivity (Wildman–Crippen MR) is 137 cm³/mol. The molecule has 0 saturated carbocycles. The summed E-state index contributed by atoms with van der Waals surface area (Å²) >= 11 is 2.19. The number of thioether (sulfide) groups is 1. The van der Waals surface area contributed by atoms with Gasteiger partial charge in [-0.3, -0.25) is 19.3 Å². The molecule has 17 heteroatoms. The summed E-state index contributed by atoms with van der Waals surface area (Å²) in [5, 5.41) is 16.7. The maximum atomic E-state index is 13.2. The first-order chi connectivity index (χ1) is 19.1. The highest BCUT2D eigenvalue weighted by molar-refractivity contribution is 8.00. The number of ether oxygens (including phenoxy) is 3. The third-order valence-electron chi connectivity index (χ3n) is 5.79. The minimum atomic E-state index is -1.37. The number of fused-ring (bicyclic) bond motifs is 2. The number of nitrogens with one attached hydrogen (secondary N) is 1. The maximum absolute atomic E-state index is 13.2. The molecule has 4 N–H and O–H groups in total. The molecular weight excluding hydrogens is 570 g/mol. The molecule has 1 aromatic carbocycles. The zero-order valence-electron chi connectivity index (χ0n) is 20.4. The number of aliphatic carboxylic acids is 1. The first kappa shape index (κ1) is 26.9. The Kier molecular flexibility index (Phi) is 7.31. The number of aromatic nitrogens is 1. The molecule has 2 atom stereocenters. The van der Waals surface area contributed by atoms with Gasteiger partial charge in [-0.1, -0.05) is 5.16 Å². The fourth-order valence-electron chi connectivity index (χ4n) is 3.96. The van der Waals surface area contributed by atoms with Crippen LogP contribution in [0.1, 0.15) is 23.0 Å². The maximum Gasteiger partial charge on any atom is 0.365 e. The number of nitrogens with zero attached hydrogens (tertiary/aromatic N) is 3. The monoisotopic (exact) mass is 589 g/mol. The molecule has 3 aliphatic rings.